The summed E-state index contributed by atoms with van der Waals surface area (Å²) in [6.45, 7) is 7.15. The highest BCUT2D eigenvalue weighted by Crippen LogP contribution is 2.49. The largest absolute Gasteiger partial charge is 0.444 e. The van der Waals surface area contributed by atoms with Crippen LogP contribution in [-0.4, -0.2) is 52.7 Å². The van der Waals surface area contributed by atoms with E-state index in [9.17, 15) is 4.79 Å². The van der Waals surface area contributed by atoms with E-state index in [1.165, 1.54) is 0 Å². The fourth-order valence-electron chi connectivity index (χ4n) is 3.22. The van der Waals surface area contributed by atoms with Crippen molar-refractivity contribution in [3.63, 3.8) is 0 Å². The topological polar surface area (TPSA) is 58.6 Å². The second kappa shape index (κ2) is 5.26. The van der Waals surface area contributed by atoms with Gasteiger partial charge in [0, 0.05) is 44.2 Å². The highest BCUT2D eigenvalue weighted by molar-refractivity contribution is 6.28. The molecule has 2 heterocycles. The minimum Gasteiger partial charge on any atom is -0.444 e. The lowest BCUT2D eigenvalue weighted by Gasteiger charge is -2.27. The Bertz CT molecular complexity index is 577. The van der Waals surface area contributed by atoms with Gasteiger partial charge < -0.3 is 14.5 Å². The molecule has 120 valence electrons. The highest BCUT2D eigenvalue weighted by Gasteiger charge is 2.59. The lowest BCUT2D eigenvalue weighted by atomic mass is 10.2. The Hall–Kier alpha value is -1.56. The van der Waals surface area contributed by atoms with Gasteiger partial charge in [-0.15, -0.1) is 0 Å². The number of hydrogen-bond acceptors (Lipinski definition) is 5. The van der Waals surface area contributed by atoms with Crippen LogP contribution in [-0.2, 0) is 4.74 Å². The number of aromatic nitrogens is 2. The second-order valence-corrected chi connectivity index (χ2v) is 7.34. The summed E-state index contributed by atoms with van der Waals surface area (Å²) in [7, 11) is 2.01. The van der Waals surface area contributed by atoms with Gasteiger partial charge in [-0.1, -0.05) is 0 Å². The van der Waals surface area contributed by atoms with E-state index >= 15 is 0 Å². The second-order valence-electron chi connectivity index (χ2n) is 7.00. The third-order valence-electron chi connectivity index (χ3n) is 4.22. The molecule has 1 aromatic heterocycles. The molecular formula is C15H21ClN4O2. The molecular weight excluding hydrogens is 304 g/mol. The quantitative estimate of drug-likeness (QED) is 0.782. The predicted molar refractivity (Wildman–Crippen MR) is 84.0 cm³/mol. The van der Waals surface area contributed by atoms with Gasteiger partial charge in [0.25, 0.3) is 0 Å². The number of hydrogen-bond donors (Lipinski definition) is 0. The smallest absolute Gasteiger partial charge is 0.410 e. The third kappa shape index (κ3) is 2.97. The number of nitrogens with zero attached hydrogens (tertiary/aromatic N) is 4. The molecule has 0 aromatic carbocycles. The van der Waals surface area contributed by atoms with Gasteiger partial charge in [-0.05, 0) is 38.4 Å². The minimum atomic E-state index is -0.447. The zero-order chi connectivity index (χ0) is 16.1. The van der Waals surface area contributed by atoms with Gasteiger partial charge in [0.2, 0.25) is 5.28 Å². The Balaban J connectivity index is 1.58. The van der Waals surface area contributed by atoms with Crippen molar-refractivity contribution in [2.24, 2.45) is 11.8 Å². The summed E-state index contributed by atoms with van der Waals surface area (Å²) in [6, 6.07) is 2.26. The van der Waals surface area contributed by atoms with E-state index in [1.54, 1.807) is 11.1 Å². The third-order valence-corrected chi connectivity index (χ3v) is 4.40. The first-order valence-electron chi connectivity index (χ1n) is 7.45. The summed E-state index contributed by atoms with van der Waals surface area (Å²) in [6.07, 6.45) is 1.44. The number of carbonyl (C=O) groups excluding carboxylic acids is 1. The van der Waals surface area contributed by atoms with Gasteiger partial charge in [-0.25, -0.2) is 14.8 Å². The van der Waals surface area contributed by atoms with Crippen LogP contribution in [0.5, 0.6) is 0 Å². The van der Waals surface area contributed by atoms with Crippen molar-refractivity contribution in [2.45, 2.75) is 32.4 Å². The summed E-state index contributed by atoms with van der Waals surface area (Å²) in [5.41, 5.74) is -0.447. The Morgan fingerprint density at radius 2 is 2.05 bits per heavy atom. The molecule has 1 aliphatic carbocycles. The molecule has 0 N–H and O–H groups in total. The molecule has 0 spiro atoms. The van der Waals surface area contributed by atoms with E-state index in [-0.39, 0.29) is 11.4 Å². The van der Waals surface area contributed by atoms with Crippen LogP contribution < -0.4 is 4.90 Å². The van der Waals surface area contributed by atoms with Crippen LogP contribution >= 0.6 is 11.6 Å². The molecule has 1 unspecified atom stereocenters. The first kappa shape index (κ1) is 15.3. The van der Waals surface area contributed by atoms with Crippen molar-refractivity contribution in [3.05, 3.63) is 17.5 Å². The maximum Gasteiger partial charge on any atom is 0.410 e. The fourth-order valence-corrected chi connectivity index (χ4v) is 3.36. The van der Waals surface area contributed by atoms with Crippen LogP contribution in [0.15, 0.2) is 12.3 Å². The van der Waals surface area contributed by atoms with Crippen LogP contribution in [0.4, 0.5) is 10.6 Å². The number of amides is 1. The van der Waals surface area contributed by atoms with Crippen molar-refractivity contribution >= 4 is 23.5 Å². The Morgan fingerprint density at radius 3 is 2.59 bits per heavy atom. The average Bonchev–Trinajstić information content (AvgIpc) is 2.89. The van der Waals surface area contributed by atoms with Crippen molar-refractivity contribution in [1.82, 2.24) is 14.9 Å². The summed E-state index contributed by atoms with van der Waals surface area (Å²) in [5.74, 6) is 1.78. The molecule has 1 saturated heterocycles. The van der Waals surface area contributed by atoms with E-state index < -0.39 is 5.60 Å². The Morgan fingerprint density at radius 1 is 1.41 bits per heavy atom. The highest BCUT2D eigenvalue weighted by atomic mass is 35.5. The number of piperidine rings is 1. The Labute approximate surface area is 135 Å². The summed E-state index contributed by atoms with van der Waals surface area (Å²) in [4.78, 5) is 24.1. The van der Waals surface area contributed by atoms with Gasteiger partial charge in [0.15, 0.2) is 0 Å². The molecule has 0 radical (unpaired) electrons. The minimum absolute atomic E-state index is 0.216. The molecule has 2 aliphatic rings. The molecule has 1 aliphatic heterocycles. The first-order valence-corrected chi connectivity index (χ1v) is 7.83. The van der Waals surface area contributed by atoms with Crippen molar-refractivity contribution in [3.8, 4) is 0 Å². The van der Waals surface area contributed by atoms with Gasteiger partial charge in [-0.2, -0.15) is 0 Å². The number of ether oxygens (including phenoxy) is 1. The lowest BCUT2D eigenvalue weighted by molar-refractivity contribution is 0.0271. The van der Waals surface area contributed by atoms with Gasteiger partial charge in [-0.3, -0.25) is 0 Å². The number of carbonyl (C=O) groups is 1. The predicted octanol–water partition coefficient (Wildman–Crippen LogP) is 2.43. The Kier molecular flexibility index (Phi) is 3.67. The molecule has 3 rings (SSSR count). The number of likely N-dealkylation sites (tertiary alicyclic amines) is 1. The summed E-state index contributed by atoms with van der Waals surface area (Å²) in [5, 5.41) is 0.255. The maximum absolute atomic E-state index is 12.1. The van der Waals surface area contributed by atoms with Crippen molar-refractivity contribution in [2.75, 3.05) is 25.0 Å². The maximum atomic E-state index is 12.1. The van der Waals surface area contributed by atoms with E-state index in [4.69, 9.17) is 16.3 Å². The number of halogens is 1. The zero-order valence-electron chi connectivity index (χ0n) is 13.3. The number of anilines is 1. The standard InChI is InChI=1S/C15H21ClN4O2/c1-15(2,3)22-14(21)20-7-9-10(8-20)12(9)19(4)11-5-6-17-13(16)18-11/h5-6,9-10,12H,7-8H2,1-4H3/t9-,10+,12?. The lowest BCUT2D eigenvalue weighted by Crippen LogP contribution is -2.39. The van der Waals surface area contributed by atoms with Crippen LogP contribution in [0.2, 0.25) is 5.28 Å². The molecule has 3 atom stereocenters. The van der Waals surface area contributed by atoms with E-state index in [0.717, 1.165) is 18.9 Å². The molecule has 0 bridgehead atoms. The van der Waals surface area contributed by atoms with Crippen LogP contribution in [0.3, 0.4) is 0 Å². The molecule has 6 nitrogen and oxygen atoms in total. The molecule has 1 aromatic rings. The SMILES string of the molecule is CN(c1ccnc(Cl)n1)C1[C@H]2CN(C(=O)OC(C)(C)C)C[C@@H]12. The van der Waals surface area contributed by atoms with Crippen LogP contribution in [0.1, 0.15) is 20.8 Å². The first-order chi connectivity index (χ1) is 10.3. The van der Waals surface area contributed by atoms with Gasteiger partial charge >= 0.3 is 6.09 Å². The fraction of sp³-hybridized carbons (Fsp3) is 0.667. The number of fused-ring (bicyclic) bond motifs is 1. The van der Waals surface area contributed by atoms with E-state index in [1.807, 2.05) is 33.9 Å². The van der Waals surface area contributed by atoms with Crippen LogP contribution in [0.25, 0.3) is 0 Å². The molecule has 22 heavy (non-hydrogen) atoms. The van der Waals surface area contributed by atoms with E-state index in [0.29, 0.717) is 17.9 Å². The van der Waals surface area contributed by atoms with Crippen LogP contribution in [0, 0.1) is 11.8 Å². The molecule has 1 saturated carbocycles. The molecule has 1 amide bonds. The molecule has 2 fully saturated rings. The summed E-state index contributed by atoms with van der Waals surface area (Å²) < 4.78 is 5.42. The monoisotopic (exact) mass is 324 g/mol. The number of rotatable bonds is 2. The zero-order valence-corrected chi connectivity index (χ0v) is 14.0. The average molecular weight is 325 g/mol. The van der Waals surface area contributed by atoms with Gasteiger partial charge in [0.05, 0.1) is 0 Å². The normalized spacial score (nSPS) is 26.6. The van der Waals surface area contributed by atoms with Crippen molar-refractivity contribution in [1.29, 1.82) is 0 Å². The van der Waals surface area contributed by atoms with Gasteiger partial charge in [0.1, 0.15) is 11.4 Å². The summed E-state index contributed by atoms with van der Waals surface area (Å²) >= 11 is 5.84. The molecule has 7 heteroatoms. The van der Waals surface area contributed by atoms with E-state index in [2.05, 4.69) is 14.9 Å². The van der Waals surface area contributed by atoms with Crippen molar-refractivity contribution < 1.29 is 9.53 Å².